The Kier molecular flexibility index (Phi) is 5.37. The van der Waals surface area contributed by atoms with Crippen LogP contribution in [-0.4, -0.2) is 55.1 Å². The van der Waals surface area contributed by atoms with Gasteiger partial charge in [-0.3, -0.25) is 9.59 Å². The van der Waals surface area contributed by atoms with Crippen LogP contribution in [0.4, 0.5) is 0 Å². The Bertz CT molecular complexity index is 275. The van der Waals surface area contributed by atoms with Gasteiger partial charge in [0.1, 0.15) is 0 Å². The third-order valence-electron chi connectivity index (χ3n) is 2.69. The van der Waals surface area contributed by atoms with Crippen LogP contribution in [0.3, 0.4) is 0 Å². The van der Waals surface area contributed by atoms with E-state index in [1.807, 2.05) is 13.8 Å². The van der Waals surface area contributed by atoms with E-state index in [0.29, 0.717) is 19.6 Å². The van der Waals surface area contributed by atoms with Gasteiger partial charge in [-0.05, 0) is 13.8 Å². The van der Waals surface area contributed by atoms with Gasteiger partial charge in [-0.15, -0.1) is 0 Å². The summed E-state index contributed by atoms with van der Waals surface area (Å²) < 4.78 is 5.28. The Balaban J connectivity index is 2.49. The summed E-state index contributed by atoms with van der Waals surface area (Å²) in [6.45, 7) is 5.69. The molecule has 1 saturated heterocycles. The first-order valence-electron chi connectivity index (χ1n) is 5.89. The van der Waals surface area contributed by atoms with Crippen molar-refractivity contribution in [2.75, 3.05) is 26.3 Å². The van der Waals surface area contributed by atoms with Crippen molar-refractivity contribution in [3.63, 3.8) is 0 Å². The number of nitrogens with zero attached hydrogens (tertiary/aromatic N) is 1. The van der Waals surface area contributed by atoms with Crippen molar-refractivity contribution in [1.29, 1.82) is 0 Å². The van der Waals surface area contributed by atoms with Gasteiger partial charge in [0.05, 0.1) is 19.8 Å². The maximum absolute atomic E-state index is 12.0. The van der Waals surface area contributed by atoms with Crippen molar-refractivity contribution >= 4 is 11.8 Å². The normalized spacial score (nSPS) is 20.3. The highest BCUT2D eigenvalue weighted by Gasteiger charge is 2.23. The molecular formula is C11H21N3O3. The Morgan fingerprint density at radius 3 is 2.71 bits per heavy atom. The lowest BCUT2D eigenvalue weighted by molar-refractivity contribution is -0.137. The molecule has 17 heavy (non-hydrogen) atoms. The van der Waals surface area contributed by atoms with Gasteiger partial charge in [0.15, 0.2) is 0 Å². The minimum Gasteiger partial charge on any atom is -0.378 e. The van der Waals surface area contributed by atoms with Gasteiger partial charge in [-0.2, -0.15) is 0 Å². The minimum absolute atomic E-state index is 0.0237. The van der Waals surface area contributed by atoms with Gasteiger partial charge >= 0.3 is 0 Å². The average Bonchev–Trinajstić information content (AvgIpc) is 2.26. The highest BCUT2D eigenvalue weighted by Crippen LogP contribution is 2.06. The number of hydrogen-bond donors (Lipinski definition) is 2. The number of rotatable bonds is 5. The maximum Gasteiger partial charge on any atom is 0.237 e. The van der Waals surface area contributed by atoms with Crippen molar-refractivity contribution in [2.45, 2.75) is 32.4 Å². The summed E-state index contributed by atoms with van der Waals surface area (Å²) >= 11 is 0. The molecule has 0 spiro atoms. The quantitative estimate of drug-likeness (QED) is 0.654. The van der Waals surface area contributed by atoms with Crippen LogP contribution in [0.25, 0.3) is 0 Å². The molecule has 1 heterocycles. The second kappa shape index (κ2) is 6.56. The molecule has 0 aromatic carbocycles. The van der Waals surface area contributed by atoms with Crippen molar-refractivity contribution in [2.24, 2.45) is 5.73 Å². The van der Waals surface area contributed by atoms with Gasteiger partial charge in [-0.25, -0.2) is 0 Å². The number of nitrogens with two attached hydrogens (primary N) is 1. The smallest absolute Gasteiger partial charge is 0.237 e. The molecule has 0 bridgehead atoms. The molecule has 1 atom stereocenters. The van der Waals surface area contributed by atoms with E-state index in [4.69, 9.17) is 10.5 Å². The highest BCUT2D eigenvalue weighted by molar-refractivity contribution is 5.84. The fraction of sp³-hybridized carbons (Fsp3) is 0.818. The van der Waals surface area contributed by atoms with E-state index in [2.05, 4.69) is 5.32 Å². The standard InChI is InChI=1S/C11H21N3O3/c1-8(2)14(6-10(12)15)11(16)5-9-7-17-4-3-13-9/h8-9,13H,3-7H2,1-2H3,(H2,12,15). The molecule has 6 heteroatoms. The molecule has 1 aliphatic rings. The Morgan fingerprint density at radius 1 is 1.53 bits per heavy atom. The zero-order valence-electron chi connectivity index (χ0n) is 10.4. The Labute approximate surface area is 101 Å². The molecule has 1 fully saturated rings. The van der Waals surface area contributed by atoms with E-state index < -0.39 is 5.91 Å². The first-order chi connectivity index (χ1) is 8.00. The molecule has 1 rings (SSSR count). The molecule has 6 nitrogen and oxygen atoms in total. The molecule has 0 saturated carbocycles. The van der Waals surface area contributed by atoms with E-state index in [0.717, 1.165) is 6.54 Å². The topological polar surface area (TPSA) is 84.7 Å². The van der Waals surface area contributed by atoms with E-state index in [-0.39, 0.29) is 24.5 Å². The molecule has 3 N–H and O–H groups in total. The second-order valence-electron chi connectivity index (χ2n) is 4.51. The molecule has 1 aliphatic heterocycles. The van der Waals surface area contributed by atoms with Crippen molar-refractivity contribution in [1.82, 2.24) is 10.2 Å². The number of amides is 2. The first-order valence-corrected chi connectivity index (χ1v) is 5.89. The van der Waals surface area contributed by atoms with Crippen molar-refractivity contribution in [3.8, 4) is 0 Å². The SMILES string of the molecule is CC(C)N(CC(N)=O)C(=O)CC1COCCN1. The summed E-state index contributed by atoms with van der Waals surface area (Å²) in [6, 6.07) is 0.00452. The largest absolute Gasteiger partial charge is 0.378 e. The number of hydrogen-bond acceptors (Lipinski definition) is 4. The average molecular weight is 243 g/mol. The van der Waals surface area contributed by atoms with Crippen molar-refractivity contribution < 1.29 is 14.3 Å². The summed E-state index contributed by atoms with van der Waals surface area (Å²) in [6.07, 6.45) is 0.339. The molecule has 0 radical (unpaired) electrons. The van der Waals surface area contributed by atoms with Crippen LogP contribution >= 0.6 is 0 Å². The zero-order valence-corrected chi connectivity index (χ0v) is 10.4. The molecule has 0 aromatic rings. The van der Waals surface area contributed by atoms with Crippen LogP contribution in [-0.2, 0) is 14.3 Å². The van der Waals surface area contributed by atoms with Gasteiger partial charge in [0, 0.05) is 25.0 Å². The maximum atomic E-state index is 12.0. The van der Waals surface area contributed by atoms with Gasteiger partial charge in [0.2, 0.25) is 11.8 Å². The van der Waals surface area contributed by atoms with Gasteiger partial charge in [-0.1, -0.05) is 0 Å². The number of nitrogens with one attached hydrogen (secondary N) is 1. The Morgan fingerprint density at radius 2 is 2.24 bits per heavy atom. The number of morpholine rings is 1. The summed E-state index contributed by atoms with van der Waals surface area (Å²) in [4.78, 5) is 24.4. The number of ether oxygens (including phenoxy) is 1. The van der Waals surface area contributed by atoms with Gasteiger partial charge < -0.3 is 20.7 Å². The molecule has 98 valence electrons. The lowest BCUT2D eigenvalue weighted by atomic mass is 10.1. The summed E-state index contributed by atoms with van der Waals surface area (Å²) in [5, 5.41) is 3.21. The van der Waals surface area contributed by atoms with Crippen LogP contribution in [0, 0.1) is 0 Å². The highest BCUT2D eigenvalue weighted by atomic mass is 16.5. The summed E-state index contributed by atoms with van der Waals surface area (Å²) in [5.74, 6) is -0.554. The monoisotopic (exact) mass is 243 g/mol. The predicted octanol–water partition coefficient (Wildman–Crippen LogP) is -0.913. The Hall–Kier alpha value is -1.14. The second-order valence-corrected chi connectivity index (χ2v) is 4.51. The van der Waals surface area contributed by atoms with Crippen LogP contribution < -0.4 is 11.1 Å². The predicted molar refractivity (Wildman–Crippen MR) is 63.3 cm³/mol. The number of primary amides is 1. The van der Waals surface area contributed by atoms with E-state index in [9.17, 15) is 9.59 Å². The molecule has 0 aliphatic carbocycles. The lowest BCUT2D eigenvalue weighted by Crippen LogP contribution is -2.48. The third-order valence-corrected chi connectivity index (χ3v) is 2.69. The van der Waals surface area contributed by atoms with E-state index in [1.54, 1.807) is 0 Å². The van der Waals surface area contributed by atoms with E-state index in [1.165, 1.54) is 4.90 Å². The fourth-order valence-corrected chi connectivity index (χ4v) is 1.81. The summed E-state index contributed by atoms with van der Waals surface area (Å²) in [7, 11) is 0. The number of carbonyl (C=O) groups is 2. The summed E-state index contributed by atoms with van der Waals surface area (Å²) in [5.41, 5.74) is 5.13. The molecule has 0 aromatic heterocycles. The lowest BCUT2D eigenvalue weighted by Gasteiger charge is -2.29. The van der Waals surface area contributed by atoms with E-state index >= 15 is 0 Å². The van der Waals surface area contributed by atoms with Crippen molar-refractivity contribution in [3.05, 3.63) is 0 Å². The number of carbonyl (C=O) groups excluding carboxylic acids is 2. The minimum atomic E-state index is -0.486. The fourth-order valence-electron chi connectivity index (χ4n) is 1.81. The van der Waals surface area contributed by atoms with Crippen LogP contribution in [0.2, 0.25) is 0 Å². The van der Waals surface area contributed by atoms with Crippen LogP contribution in [0.5, 0.6) is 0 Å². The van der Waals surface area contributed by atoms with Gasteiger partial charge in [0.25, 0.3) is 0 Å². The first kappa shape index (κ1) is 13.9. The molecule has 2 amide bonds. The molecular weight excluding hydrogens is 222 g/mol. The third kappa shape index (κ3) is 4.70. The molecule has 1 unspecified atom stereocenters. The zero-order chi connectivity index (χ0) is 12.8. The van der Waals surface area contributed by atoms with Crippen LogP contribution in [0.1, 0.15) is 20.3 Å². The van der Waals surface area contributed by atoms with Crippen LogP contribution in [0.15, 0.2) is 0 Å².